The van der Waals surface area contributed by atoms with Crippen LogP contribution < -0.4 is 0 Å². The maximum absolute atomic E-state index is 13.1. The molecule has 6 rings (SSSR count). The lowest BCUT2D eigenvalue weighted by Crippen LogP contribution is -2.35. The molecule has 1 fully saturated rings. The van der Waals surface area contributed by atoms with Crippen molar-refractivity contribution in [2.75, 3.05) is 0 Å². The Hall–Kier alpha value is -3.45. The molecule has 0 spiro atoms. The molecule has 2 aromatic carbocycles. The lowest BCUT2D eigenvalue weighted by Gasteiger charge is -2.20. The fraction of sp³-hybridized carbons (Fsp3) is 0.310. The van der Waals surface area contributed by atoms with Crippen molar-refractivity contribution in [1.29, 1.82) is 5.41 Å². The van der Waals surface area contributed by atoms with Crippen LogP contribution in [0.15, 0.2) is 64.2 Å². The summed E-state index contributed by atoms with van der Waals surface area (Å²) in [7, 11) is 0. The Balaban J connectivity index is 1.38. The Morgan fingerprint density at radius 3 is 2.69 bits per heavy atom. The number of carbonyl (C=O) groups excluding carboxylic acids is 1. The van der Waals surface area contributed by atoms with Crippen LogP contribution in [0.25, 0.3) is 17.0 Å². The van der Waals surface area contributed by atoms with E-state index in [0.717, 1.165) is 46.6 Å². The van der Waals surface area contributed by atoms with Gasteiger partial charge in [-0.2, -0.15) is 15.1 Å². The number of amides is 1. The van der Waals surface area contributed by atoms with Crippen LogP contribution >= 0.6 is 11.8 Å². The van der Waals surface area contributed by atoms with E-state index >= 15 is 0 Å². The number of nitrogens with zero attached hydrogens (tertiary/aromatic N) is 4. The van der Waals surface area contributed by atoms with Crippen LogP contribution in [-0.2, 0) is 11.3 Å². The maximum Gasteiger partial charge on any atom is 0.283 e. The summed E-state index contributed by atoms with van der Waals surface area (Å²) in [6, 6.07) is 16.8. The van der Waals surface area contributed by atoms with Crippen LogP contribution in [0.4, 0.5) is 0 Å². The van der Waals surface area contributed by atoms with Crippen LogP contribution in [0.1, 0.15) is 54.5 Å². The summed E-state index contributed by atoms with van der Waals surface area (Å²) in [5, 5.41) is 17.8. The molecular formula is C29H29N5OS. The average Bonchev–Trinajstić information content (AvgIpc) is 3.42. The molecule has 0 unspecified atom stereocenters. The molecule has 1 aliphatic carbocycles. The number of hydrogen-bond acceptors (Lipinski definition) is 4. The van der Waals surface area contributed by atoms with Crippen molar-refractivity contribution in [3.8, 4) is 0 Å². The van der Waals surface area contributed by atoms with E-state index in [4.69, 9.17) is 10.5 Å². The van der Waals surface area contributed by atoms with Crippen molar-refractivity contribution in [2.24, 2.45) is 16.0 Å². The zero-order valence-corrected chi connectivity index (χ0v) is 21.4. The van der Waals surface area contributed by atoms with Gasteiger partial charge in [0.05, 0.1) is 5.57 Å². The van der Waals surface area contributed by atoms with Gasteiger partial charge in [-0.05, 0) is 56.2 Å². The van der Waals surface area contributed by atoms with Crippen molar-refractivity contribution >= 4 is 50.7 Å². The molecule has 1 amide bonds. The standard InChI is InChI=1S/C29H29N5OS/c1-18-9-8-10-20(15-18)17-33-19(2)23(22-13-6-7-14-25(22)33)16-24-26(30)34-29(31-27(24)35)36-28(32-34)21-11-4-3-5-12-21/h6-10,13-16,21,30H,3-5,11-12,17H2,1-2H3/b24-16-,30-26?. The Kier molecular flexibility index (Phi) is 5.88. The topological polar surface area (TPSA) is 73.8 Å². The van der Waals surface area contributed by atoms with Gasteiger partial charge in [0, 0.05) is 34.6 Å². The Bertz CT molecular complexity index is 1490. The van der Waals surface area contributed by atoms with E-state index in [0.29, 0.717) is 11.1 Å². The molecule has 182 valence electrons. The van der Waals surface area contributed by atoms with E-state index in [-0.39, 0.29) is 17.3 Å². The first-order chi connectivity index (χ1) is 17.5. The third-order valence-corrected chi connectivity index (χ3v) is 8.49. The van der Waals surface area contributed by atoms with Crippen LogP contribution in [0, 0.1) is 25.2 Å². The van der Waals surface area contributed by atoms with Crippen molar-refractivity contribution in [1.82, 2.24) is 9.58 Å². The third kappa shape index (κ3) is 4.01. The van der Waals surface area contributed by atoms with Gasteiger partial charge in [-0.1, -0.05) is 67.3 Å². The smallest absolute Gasteiger partial charge is 0.283 e. The molecule has 0 bridgehead atoms. The number of thioether (sulfide) groups is 1. The van der Waals surface area contributed by atoms with E-state index in [2.05, 4.69) is 59.8 Å². The highest BCUT2D eigenvalue weighted by Gasteiger charge is 2.38. The normalized spacial score (nSPS) is 19.7. The maximum atomic E-state index is 13.1. The first-order valence-electron chi connectivity index (χ1n) is 12.6. The summed E-state index contributed by atoms with van der Waals surface area (Å²) in [5.74, 6) is 0.154. The first kappa shape index (κ1) is 23.0. The van der Waals surface area contributed by atoms with Crippen molar-refractivity contribution in [3.05, 3.63) is 76.5 Å². The van der Waals surface area contributed by atoms with Gasteiger partial charge < -0.3 is 4.57 Å². The molecule has 1 saturated carbocycles. The van der Waals surface area contributed by atoms with Crippen LogP contribution in [0.3, 0.4) is 0 Å². The molecule has 6 nitrogen and oxygen atoms in total. The summed E-state index contributed by atoms with van der Waals surface area (Å²) in [5.41, 5.74) is 5.87. The molecule has 3 aromatic rings. The van der Waals surface area contributed by atoms with Crippen LogP contribution in [0.5, 0.6) is 0 Å². The highest BCUT2D eigenvalue weighted by atomic mass is 32.2. The predicted octanol–water partition coefficient (Wildman–Crippen LogP) is 6.51. The molecule has 1 N–H and O–H groups in total. The number of nitrogens with one attached hydrogen (secondary N) is 1. The summed E-state index contributed by atoms with van der Waals surface area (Å²) < 4.78 is 2.28. The molecule has 0 saturated heterocycles. The largest absolute Gasteiger partial charge is 0.340 e. The quantitative estimate of drug-likeness (QED) is 0.420. The second-order valence-corrected chi connectivity index (χ2v) is 10.9. The van der Waals surface area contributed by atoms with Crippen LogP contribution in [0.2, 0.25) is 0 Å². The number of fused-ring (bicyclic) bond motifs is 2. The SMILES string of the molecule is Cc1cccc(Cn2c(C)c(/C=C3/C(=N)N4N=C(C5CCCCC5)SC4=NC3=O)c3ccccc32)c1. The molecule has 2 aliphatic heterocycles. The monoisotopic (exact) mass is 495 g/mol. The number of aliphatic imine (C=N–C) groups is 1. The number of hydrazone groups is 1. The van der Waals surface area contributed by atoms with Gasteiger partial charge in [0.15, 0.2) is 5.84 Å². The number of aromatic nitrogens is 1. The molecular weight excluding hydrogens is 466 g/mol. The minimum absolute atomic E-state index is 0.109. The van der Waals surface area contributed by atoms with Gasteiger partial charge in [0.2, 0.25) is 5.17 Å². The van der Waals surface area contributed by atoms with Gasteiger partial charge in [-0.15, -0.1) is 0 Å². The number of rotatable bonds is 4. The van der Waals surface area contributed by atoms with Gasteiger partial charge >= 0.3 is 0 Å². The molecule has 0 radical (unpaired) electrons. The number of para-hydroxylation sites is 1. The second kappa shape index (κ2) is 9.21. The number of carbonyl (C=O) groups is 1. The molecule has 1 aromatic heterocycles. The van der Waals surface area contributed by atoms with E-state index in [1.807, 2.05) is 18.2 Å². The Morgan fingerprint density at radius 2 is 1.89 bits per heavy atom. The van der Waals surface area contributed by atoms with E-state index in [9.17, 15) is 4.79 Å². The minimum Gasteiger partial charge on any atom is -0.340 e. The molecule has 3 heterocycles. The fourth-order valence-corrected chi connectivity index (χ4v) is 6.56. The average molecular weight is 496 g/mol. The van der Waals surface area contributed by atoms with E-state index in [1.165, 1.54) is 42.2 Å². The highest BCUT2D eigenvalue weighted by molar-refractivity contribution is 8.27. The number of amidine groups is 2. The number of aryl methyl sites for hydroxylation is 1. The molecule has 3 aliphatic rings. The molecule has 36 heavy (non-hydrogen) atoms. The van der Waals surface area contributed by atoms with Gasteiger partial charge in [0.1, 0.15) is 5.04 Å². The molecule has 0 atom stereocenters. The lowest BCUT2D eigenvalue weighted by atomic mass is 9.90. The van der Waals surface area contributed by atoms with Crippen molar-refractivity contribution in [3.63, 3.8) is 0 Å². The van der Waals surface area contributed by atoms with E-state index in [1.54, 1.807) is 5.01 Å². The van der Waals surface area contributed by atoms with Gasteiger partial charge in [-0.25, -0.2) is 0 Å². The van der Waals surface area contributed by atoms with Crippen molar-refractivity contribution < 1.29 is 4.79 Å². The highest BCUT2D eigenvalue weighted by Crippen LogP contribution is 2.37. The zero-order valence-electron chi connectivity index (χ0n) is 20.6. The molecule has 7 heteroatoms. The Labute approximate surface area is 215 Å². The van der Waals surface area contributed by atoms with E-state index < -0.39 is 0 Å². The summed E-state index contributed by atoms with van der Waals surface area (Å²) in [6.45, 7) is 4.93. The van der Waals surface area contributed by atoms with Crippen LogP contribution in [-0.4, -0.2) is 31.5 Å². The number of hydrogen-bond donors (Lipinski definition) is 1. The van der Waals surface area contributed by atoms with Gasteiger partial charge in [-0.3, -0.25) is 10.2 Å². The zero-order chi connectivity index (χ0) is 24.8. The van der Waals surface area contributed by atoms with Gasteiger partial charge in [0.25, 0.3) is 5.91 Å². The number of benzene rings is 2. The Morgan fingerprint density at radius 1 is 1.08 bits per heavy atom. The van der Waals surface area contributed by atoms with Crippen molar-refractivity contribution in [2.45, 2.75) is 52.5 Å². The summed E-state index contributed by atoms with van der Waals surface area (Å²) in [6.07, 6.45) is 7.78. The lowest BCUT2D eigenvalue weighted by molar-refractivity contribution is -0.114. The first-order valence-corrected chi connectivity index (χ1v) is 13.4. The summed E-state index contributed by atoms with van der Waals surface area (Å²) in [4.78, 5) is 17.5. The second-order valence-electron chi connectivity index (χ2n) is 9.88. The minimum atomic E-state index is -0.367. The summed E-state index contributed by atoms with van der Waals surface area (Å²) >= 11 is 1.46. The third-order valence-electron chi connectivity index (χ3n) is 7.42. The fourth-order valence-electron chi connectivity index (χ4n) is 5.50. The predicted molar refractivity (Wildman–Crippen MR) is 149 cm³/mol.